The number of primary amides is 1. The molecule has 2 aromatic rings. The van der Waals surface area contributed by atoms with Crippen molar-refractivity contribution in [3.05, 3.63) is 70.3 Å². The molecule has 0 aliphatic carbocycles. The van der Waals surface area contributed by atoms with Crippen molar-refractivity contribution in [1.29, 1.82) is 0 Å². The van der Waals surface area contributed by atoms with Crippen molar-refractivity contribution < 1.29 is 4.79 Å². The maximum absolute atomic E-state index is 11.5. The van der Waals surface area contributed by atoms with Crippen LogP contribution < -0.4 is 5.73 Å². The van der Waals surface area contributed by atoms with Gasteiger partial charge in [0, 0.05) is 5.56 Å². The summed E-state index contributed by atoms with van der Waals surface area (Å²) in [4.78, 5) is 11.5. The van der Waals surface area contributed by atoms with E-state index in [0.717, 1.165) is 24.0 Å². The largest absolute Gasteiger partial charge is 0.366 e. The van der Waals surface area contributed by atoms with Gasteiger partial charge in [-0.3, -0.25) is 4.79 Å². The highest BCUT2D eigenvalue weighted by molar-refractivity contribution is 5.94. The Labute approximate surface area is 114 Å². The van der Waals surface area contributed by atoms with Crippen LogP contribution in [0.3, 0.4) is 0 Å². The summed E-state index contributed by atoms with van der Waals surface area (Å²) in [6.45, 7) is 4.16. The fourth-order valence-electron chi connectivity index (χ4n) is 2.29. The number of rotatable bonds is 4. The van der Waals surface area contributed by atoms with Crippen LogP contribution in [0.25, 0.3) is 0 Å². The number of carbonyl (C=O) groups is 1. The summed E-state index contributed by atoms with van der Waals surface area (Å²) < 4.78 is 0. The summed E-state index contributed by atoms with van der Waals surface area (Å²) in [5.41, 5.74) is 10.7. The van der Waals surface area contributed by atoms with Crippen molar-refractivity contribution in [1.82, 2.24) is 0 Å². The third kappa shape index (κ3) is 3.22. The summed E-state index contributed by atoms with van der Waals surface area (Å²) in [6.07, 6.45) is 1.76. The van der Waals surface area contributed by atoms with E-state index in [1.165, 1.54) is 11.1 Å². The molecule has 1 amide bonds. The molecule has 2 nitrogen and oxygen atoms in total. The van der Waals surface area contributed by atoms with Gasteiger partial charge in [0.25, 0.3) is 0 Å². The smallest absolute Gasteiger partial charge is 0.248 e. The second-order valence-electron chi connectivity index (χ2n) is 4.88. The van der Waals surface area contributed by atoms with Gasteiger partial charge in [0.15, 0.2) is 0 Å². The first-order chi connectivity index (χ1) is 9.10. The van der Waals surface area contributed by atoms with Gasteiger partial charge >= 0.3 is 0 Å². The quantitative estimate of drug-likeness (QED) is 0.893. The van der Waals surface area contributed by atoms with E-state index in [2.05, 4.69) is 31.2 Å². The van der Waals surface area contributed by atoms with E-state index in [-0.39, 0.29) is 5.91 Å². The zero-order chi connectivity index (χ0) is 13.8. The predicted octanol–water partition coefficient (Wildman–Crippen LogP) is 3.25. The highest BCUT2D eigenvalue weighted by atomic mass is 16.1. The number of hydrogen-bond donors (Lipinski definition) is 1. The molecule has 0 heterocycles. The van der Waals surface area contributed by atoms with Crippen LogP contribution in [0.4, 0.5) is 0 Å². The molecule has 2 rings (SSSR count). The Morgan fingerprint density at radius 3 is 2.53 bits per heavy atom. The first-order valence-electron chi connectivity index (χ1n) is 6.57. The van der Waals surface area contributed by atoms with Crippen molar-refractivity contribution in [3.8, 4) is 0 Å². The topological polar surface area (TPSA) is 43.1 Å². The molecule has 0 fully saturated rings. The van der Waals surface area contributed by atoms with Gasteiger partial charge in [0.2, 0.25) is 5.91 Å². The minimum absolute atomic E-state index is 0.360. The number of nitrogens with two attached hydrogens (primary N) is 1. The van der Waals surface area contributed by atoms with Crippen LogP contribution in [-0.4, -0.2) is 5.91 Å². The minimum Gasteiger partial charge on any atom is -0.366 e. The van der Waals surface area contributed by atoms with Crippen molar-refractivity contribution >= 4 is 5.91 Å². The zero-order valence-corrected chi connectivity index (χ0v) is 11.4. The van der Waals surface area contributed by atoms with E-state index >= 15 is 0 Å². The van der Waals surface area contributed by atoms with Gasteiger partial charge in [-0.05, 0) is 42.5 Å². The fraction of sp³-hybridized carbons (Fsp3) is 0.235. The van der Waals surface area contributed by atoms with Crippen LogP contribution in [-0.2, 0) is 12.8 Å². The lowest BCUT2D eigenvalue weighted by Gasteiger charge is -2.09. The molecule has 0 aromatic heterocycles. The summed E-state index contributed by atoms with van der Waals surface area (Å²) in [5, 5.41) is 0. The minimum atomic E-state index is -0.360. The first kappa shape index (κ1) is 13.3. The number of aryl methyl sites for hydroxylation is 2. The Morgan fingerprint density at radius 2 is 1.84 bits per heavy atom. The molecule has 0 radical (unpaired) electrons. The third-order valence-corrected chi connectivity index (χ3v) is 3.32. The van der Waals surface area contributed by atoms with E-state index in [1.807, 2.05) is 25.1 Å². The Bertz CT molecular complexity index is 602. The van der Waals surface area contributed by atoms with Crippen LogP contribution >= 0.6 is 0 Å². The lowest BCUT2D eigenvalue weighted by Crippen LogP contribution is -2.14. The number of hydrogen-bond acceptors (Lipinski definition) is 1. The highest BCUT2D eigenvalue weighted by Crippen LogP contribution is 2.17. The second-order valence-corrected chi connectivity index (χ2v) is 4.88. The molecule has 0 aliphatic heterocycles. The van der Waals surface area contributed by atoms with Gasteiger partial charge < -0.3 is 5.73 Å². The fourth-order valence-corrected chi connectivity index (χ4v) is 2.29. The van der Waals surface area contributed by atoms with E-state index in [1.54, 1.807) is 0 Å². The standard InChI is InChI=1S/C17H19NO/c1-3-13-5-4-6-14(10-13)11-15-9-12(2)7-8-16(15)17(18)19/h4-10H,3,11H2,1-2H3,(H2,18,19). The normalized spacial score (nSPS) is 10.4. The lowest BCUT2D eigenvalue weighted by atomic mass is 9.96. The summed E-state index contributed by atoms with van der Waals surface area (Å²) in [7, 11) is 0. The molecule has 0 unspecified atom stereocenters. The van der Waals surface area contributed by atoms with Crippen molar-refractivity contribution in [3.63, 3.8) is 0 Å². The molecular formula is C17H19NO. The molecule has 0 atom stereocenters. The Balaban J connectivity index is 2.36. The van der Waals surface area contributed by atoms with Gasteiger partial charge in [-0.1, -0.05) is 48.9 Å². The molecule has 2 heteroatoms. The zero-order valence-electron chi connectivity index (χ0n) is 11.4. The van der Waals surface area contributed by atoms with E-state index in [4.69, 9.17) is 5.73 Å². The van der Waals surface area contributed by atoms with Crippen molar-refractivity contribution in [2.45, 2.75) is 26.7 Å². The highest BCUT2D eigenvalue weighted by Gasteiger charge is 2.09. The van der Waals surface area contributed by atoms with Gasteiger partial charge in [0.05, 0.1) is 0 Å². The molecule has 0 saturated heterocycles. The van der Waals surface area contributed by atoms with Gasteiger partial charge in [-0.25, -0.2) is 0 Å². The monoisotopic (exact) mass is 253 g/mol. The average Bonchev–Trinajstić information content (AvgIpc) is 2.38. The molecule has 19 heavy (non-hydrogen) atoms. The molecule has 2 aromatic carbocycles. The molecular weight excluding hydrogens is 234 g/mol. The number of carbonyl (C=O) groups excluding carboxylic acids is 1. The van der Waals surface area contributed by atoms with Crippen LogP contribution in [0.2, 0.25) is 0 Å². The van der Waals surface area contributed by atoms with Crippen molar-refractivity contribution in [2.75, 3.05) is 0 Å². The van der Waals surface area contributed by atoms with Crippen LogP contribution in [0.1, 0.15) is 39.5 Å². The first-order valence-corrected chi connectivity index (χ1v) is 6.57. The third-order valence-electron chi connectivity index (χ3n) is 3.32. The summed E-state index contributed by atoms with van der Waals surface area (Å²) in [5.74, 6) is -0.360. The van der Waals surface area contributed by atoms with Crippen molar-refractivity contribution in [2.24, 2.45) is 5.73 Å². The second kappa shape index (κ2) is 5.70. The lowest BCUT2D eigenvalue weighted by molar-refractivity contribution is 0.0999. The van der Waals surface area contributed by atoms with Crippen LogP contribution in [0, 0.1) is 6.92 Å². The Hall–Kier alpha value is -2.09. The SMILES string of the molecule is CCc1cccc(Cc2cc(C)ccc2C(N)=O)c1. The maximum Gasteiger partial charge on any atom is 0.248 e. The number of benzene rings is 2. The molecule has 0 spiro atoms. The molecule has 0 bridgehead atoms. The maximum atomic E-state index is 11.5. The Kier molecular flexibility index (Phi) is 4.00. The van der Waals surface area contributed by atoms with E-state index in [9.17, 15) is 4.79 Å². The Morgan fingerprint density at radius 1 is 1.11 bits per heavy atom. The van der Waals surface area contributed by atoms with Crippen LogP contribution in [0.5, 0.6) is 0 Å². The summed E-state index contributed by atoms with van der Waals surface area (Å²) in [6, 6.07) is 14.2. The predicted molar refractivity (Wildman–Crippen MR) is 78.3 cm³/mol. The van der Waals surface area contributed by atoms with E-state index in [0.29, 0.717) is 5.56 Å². The molecule has 0 aliphatic rings. The molecule has 0 saturated carbocycles. The molecule has 98 valence electrons. The number of amides is 1. The summed E-state index contributed by atoms with van der Waals surface area (Å²) >= 11 is 0. The van der Waals surface area contributed by atoms with Crippen LogP contribution in [0.15, 0.2) is 42.5 Å². The van der Waals surface area contributed by atoms with E-state index < -0.39 is 0 Å². The average molecular weight is 253 g/mol. The van der Waals surface area contributed by atoms with Gasteiger partial charge in [0.1, 0.15) is 0 Å². The molecule has 2 N–H and O–H groups in total. The van der Waals surface area contributed by atoms with Gasteiger partial charge in [-0.2, -0.15) is 0 Å². The van der Waals surface area contributed by atoms with Gasteiger partial charge in [-0.15, -0.1) is 0 Å².